The number of hydrogen-bond donors (Lipinski definition) is 2. The number of nitrogens with one attached hydrogen (secondary N) is 1. The topological polar surface area (TPSA) is 61.8 Å². The Morgan fingerprint density at radius 2 is 2.00 bits per heavy atom. The molecule has 3 aliphatic heterocycles. The highest BCUT2D eigenvalue weighted by atomic mass is 32.1. The predicted molar refractivity (Wildman–Crippen MR) is 92.9 cm³/mol. The lowest BCUT2D eigenvalue weighted by Gasteiger charge is -2.44. The van der Waals surface area contributed by atoms with Crippen molar-refractivity contribution in [3.05, 3.63) is 41.3 Å². The van der Waals surface area contributed by atoms with E-state index in [0.717, 1.165) is 19.6 Å². The fourth-order valence-electron chi connectivity index (χ4n) is 3.52. The van der Waals surface area contributed by atoms with Crippen molar-refractivity contribution in [2.75, 3.05) is 19.6 Å². The summed E-state index contributed by atoms with van der Waals surface area (Å²) in [6, 6.07) is 10.6. The second kappa shape index (κ2) is 6.45. The first-order valence-corrected chi connectivity index (χ1v) is 9.09. The molecule has 5 nitrogen and oxygen atoms in total. The molecule has 0 radical (unpaired) electrons. The molecule has 3 fully saturated rings. The Labute approximate surface area is 144 Å². The number of fused-ring (bicyclic) bond motifs is 3. The van der Waals surface area contributed by atoms with Gasteiger partial charge in [-0.2, -0.15) is 0 Å². The maximum absolute atomic E-state index is 12.5. The van der Waals surface area contributed by atoms with E-state index in [1.165, 1.54) is 24.2 Å². The highest BCUT2D eigenvalue weighted by molar-refractivity contribution is 7.15. The maximum Gasteiger partial charge on any atom is 0.261 e. The SMILES string of the molecule is O=C(NC1CN2CCC1CC2)c1ccc(Oc2ccccc2O)s1. The van der Waals surface area contributed by atoms with Crippen LogP contribution in [0.5, 0.6) is 16.6 Å². The molecule has 1 amide bonds. The monoisotopic (exact) mass is 344 g/mol. The molecule has 0 aliphatic carbocycles. The standard InChI is InChI=1S/C18H20N2O3S/c21-14-3-1-2-4-15(14)23-17-6-5-16(24-17)18(22)19-13-11-20-9-7-12(13)8-10-20/h1-6,12-13,21H,7-11H2,(H,19,22). The van der Waals surface area contributed by atoms with Crippen LogP contribution >= 0.6 is 11.3 Å². The van der Waals surface area contributed by atoms with E-state index in [4.69, 9.17) is 4.74 Å². The minimum atomic E-state index is -0.0362. The molecule has 0 spiro atoms. The molecule has 5 rings (SSSR count). The minimum Gasteiger partial charge on any atom is -0.504 e. The molecular formula is C18H20N2O3S. The van der Waals surface area contributed by atoms with Gasteiger partial charge in [-0.15, -0.1) is 0 Å². The lowest BCUT2D eigenvalue weighted by molar-refractivity contribution is 0.0622. The van der Waals surface area contributed by atoms with Crippen LogP contribution in [0.1, 0.15) is 22.5 Å². The summed E-state index contributed by atoms with van der Waals surface area (Å²) in [5, 5.41) is 13.5. The van der Waals surface area contributed by atoms with Crippen LogP contribution in [0.4, 0.5) is 0 Å². The summed E-state index contributed by atoms with van der Waals surface area (Å²) < 4.78 is 5.66. The van der Waals surface area contributed by atoms with E-state index in [1.807, 2.05) is 0 Å². The fraction of sp³-hybridized carbons (Fsp3) is 0.389. The third-order valence-electron chi connectivity index (χ3n) is 4.85. The quantitative estimate of drug-likeness (QED) is 0.895. The van der Waals surface area contributed by atoms with E-state index in [1.54, 1.807) is 36.4 Å². The van der Waals surface area contributed by atoms with E-state index in [2.05, 4.69) is 10.2 Å². The van der Waals surface area contributed by atoms with E-state index >= 15 is 0 Å². The van der Waals surface area contributed by atoms with Gasteiger partial charge >= 0.3 is 0 Å². The fourth-order valence-corrected chi connectivity index (χ4v) is 4.29. The first-order chi connectivity index (χ1) is 11.7. The van der Waals surface area contributed by atoms with E-state index in [0.29, 0.717) is 21.6 Å². The zero-order chi connectivity index (χ0) is 16.5. The number of carbonyl (C=O) groups is 1. The summed E-state index contributed by atoms with van der Waals surface area (Å²) in [7, 11) is 0. The summed E-state index contributed by atoms with van der Waals surface area (Å²) in [6.45, 7) is 3.28. The number of thiophene rings is 1. The van der Waals surface area contributed by atoms with Gasteiger partial charge in [-0.05, 0) is 56.1 Å². The van der Waals surface area contributed by atoms with Crippen LogP contribution in [-0.2, 0) is 0 Å². The van der Waals surface area contributed by atoms with Crippen LogP contribution in [-0.4, -0.2) is 41.6 Å². The number of benzene rings is 1. The second-order valence-corrected chi connectivity index (χ2v) is 7.45. The van der Waals surface area contributed by atoms with Gasteiger partial charge in [-0.1, -0.05) is 23.5 Å². The number of nitrogens with zero attached hydrogens (tertiary/aromatic N) is 1. The number of piperidine rings is 3. The number of phenols is 1. The molecule has 1 atom stereocenters. The van der Waals surface area contributed by atoms with E-state index in [9.17, 15) is 9.90 Å². The number of carbonyl (C=O) groups excluding carboxylic acids is 1. The molecule has 6 heteroatoms. The van der Waals surface area contributed by atoms with Crippen LogP contribution < -0.4 is 10.1 Å². The average molecular weight is 344 g/mol. The molecule has 1 unspecified atom stereocenters. The Morgan fingerprint density at radius 1 is 1.21 bits per heavy atom. The van der Waals surface area contributed by atoms with Crippen molar-refractivity contribution >= 4 is 17.2 Å². The zero-order valence-corrected chi connectivity index (χ0v) is 14.1. The third kappa shape index (κ3) is 3.12. The van der Waals surface area contributed by atoms with E-state index < -0.39 is 0 Å². The van der Waals surface area contributed by atoms with Crippen molar-refractivity contribution in [3.63, 3.8) is 0 Å². The molecule has 4 heterocycles. The van der Waals surface area contributed by atoms with Gasteiger partial charge in [0.05, 0.1) is 4.88 Å². The van der Waals surface area contributed by atoms with Gasteiger partial charge in [0.25, 0.3) is 5.91 Å². The number of phenolic OH excluding ortho intramolecular Hbond substituents is 1. The van der Waals surface area contributed by atoms with Crippen molar-refractivity contribution in [3.8, 4) is 16.6 Å². The van der Waals surface area contributed by atoms with Gasteiger partial charge in [0.2, 0.25) is 0 Å². The zero-order valence-electron chi connectivity index (χ0n) is 13.3. The molecule has 2 aromatic rings. The molecule has 3 saturated heterocycles. The van der Waals surface area contributed by atoms with Gasteiger partial charge in [0, 0.05) is 12.6 Å². The average Bonchev–Trinajstić information content (AvgIpc) is 3.07. The molecule has 126 valence electrons. The molecule has 3 aliphatic rings. The number of hydrogen-bond acceptors (Lipinski definition) is 5. The molecule has 2 N–H and O–H groups in total. The summed E-state index contributed by atoms with van der Waals surface area (Å²) in [6.07, 6.45) is 2.36. The van der Waals surface area contributed by atoms with Crippen molar-refractivity contribution in [1.82, 2.24) is 10.2 Å². The van der Waals surface area contributed by atoms with Crippen LogP contribution in [0.3, 0.4) is 0 Å². The summed E-state index contributed by atoms with van der Waals surface area (Å²) in [5.74, 6) is 1.05. The number of rotatable bonds is 4. The highest BCUT2D eigenvalue weighted by Crippen LogP contribution is 2.34. The Balaban J connectivity index is 1.41. The second-order valence-electron chi connectivity index (χ2n) is 6.41. The lowest BCUT2D eigenvalue weighted by atomic mass is 9.84. The van der Waals surface area contributed by atoms with Crippen LogP contribution in [0.15, 0.2) is 36.4 Å². The van der Waals surface area contributed by atoms with Crippen LogP contribution in [0.25, 0.3) is 0 Å². The van der Waals surface area contributed by atoms with Gasteiger partial charge in [0.1, 0.15) is 0 Å². The number of aromatic hydroxyl groups is 1. The summed E-state index contributed by atoms with van der Waals surface area (Å²) in [4.78, 5) is 15.6. The van der Waals surface area contributed by atoms with Crippen LogP contribution in [0.2, 0.25) is 0 Å². The Kier molecular flexibility index (Phi) is 4.16. The predicted octanol–water partition coefficient (Wildman–Crippen LogP) is 3.07. The largest absolute Gasteiger partial charge is 0.504 e. The minimum absolute atomic E-state index is 0.0362. The number of ether oxygens (including phenoxy) is 1. The van der Waals surface area contributed by atoms with Gasteiger partial charge < -0.3 is 20.1 Å². The molecular weight excluding hydrogens is 324 g/mol. The Bertz CT molecular complexity index is 737. The van der Waals surface area contributed by atoms with Crippen LogP contribution in [0, 0.1) is 5.92 Å². The maximum atomic E-state index is 12.5. The van der Waals surface area contributed by atoms with Gasteiger partial charge in [0.15, 0.2) is 16.6 Å². The number of para-hydroxylation sites is 2. The Morgan fingerprint density at radius 3 is 2.71 bits per heavy atom. The van der Waals surface area contributed by atoms with Crippen molar-refractivity contribution < 1.29 is 14.6 Å². The van der Waals surface area contributed by atoms with Crippen molar-refractivity contribution in [1.29, 1.82) is 0 Å². The van der Waals surface area contributed by atoms with Gasteiger partial charge in [-0.3, -0.25) is 4.79 Å². The molecule has 2 bridgehead atoms. The summed E-state index contributed by atoms with van der Waals surface area (Å²) >= 11 is 1.29. The first kappa shape index (κ1) is 15.5. The number of amides is 1. The summed E-state index contributed by atoms with van der Waals surface area (Å²) in [5.41, 5.74) is 0. The van der Waals surface area contributed by atoms with Crippen molar-refractivity contribution in [2.24, 2.45) is 5.92 Å². The lowest BCUT2D eigenvalue weighted by Crippen LogP contribution is -2.57. The molecule has 24 heavy (non-hydrogen) atoms. The normalized spacial score (nSPS) is 25.4. The molecule has 0 saturated carbocycles. The highest BCUT2D eigenvalue weighted by Gasteiger charge is 2.35. The smallest absolute Gasteiger partial charge is 0.261 e. The Hall–Kier alpha value is -2.05. The third-order valence-corrected chi connectivity index (χ3v) is 5.82. The van der Waals surface area contributed by atoms with Gasteiger partial charge in [-0.25, -0.2) is 0 Å². The first-order valence-electron chi connectivity index (χ1n) is 8.28. The molecule has 1 aromatic carbocycles. The van der Waals surface area contributed by atoms with E-state index in [-0.39, 0.29) is 17.7 Å². The molecule has 1 aromatic heterocycles. The van der Waals surface area contributed by atoms with Crippen molar-refractivity contribution in [2.45, 2.75) is 18.9 Å².